The number of ether oxygens (including phenoxy) is 3. The molecule has 0 aliphatic carbocycles. The van der Waals surface area contributed by atoms with Crippen LogP contribution in [0.1, 0.15) is 25.7 Å². The van der Waals surface area contributed by atoms with Crippen molar-refractivity contribution in [1.29, 1.82) is 0 Å². The van der Waals surface area contributed by atoms with E-state index in [4.69, 9.17) is 14.2 Å². The van der Waals surface area contributed by atoms with Crippen molar-refractivity contribution in [3.8, 4) is 17.2 Å². The number of nitrogens with one attached hydrogen (secondary N) is 2. The molecule has 9 nitrogen and oxygen atoms in total. The van der Waals surface area contributed by atoms with Crippen molar-refractivity contribution in [2.24, 2.45) is 0 Å². The summed E-state index contributed by atoms with van der Waals surface area (Å²) in [5, 5.41) is 5.80. The van der Waals surface area contributed by atoms with E-state index in [1.165, 1.54) is 13.2 Å². The quantitative estimate of drug-likeness (QED) is 0.634. The molecule has 2 aliphatic rings. The second-order valence-corrected chi connectivity index (χ2v) is 9.88. The maximum Gasteiger partial charge on any atom is 0.243 e. The van der Waals surface area contributed by atoms with Gasteiger partial charge in [-0.3, -0.25) is 4.79 Å². The highest BCUT2D eigenvalue weighted by Crippen LogP contribution is 2.33. The summed E-state index contributed by atoms with van der Waals surface area (Å²) in [7, 11) is -2.12. The number of fused-ring (bicyclic) bond motifs is 1. The number of hydrogen-bond donors (Lipinski definition) is 2. The Labute approximate surface area is 194 Å². The summed E-state index contributed by atoms with van der Waals surface area (Å²) in [5.41, 5.74) is 1.02. The highest BCUT2D eigenvalue weighted by Gasteiger charge is 2.26. The Hall–Kier alpha value is -2.98. The number of methoxy groups -OCH3 is 1. The van der Waals surface area contributed by atoms with Crippen LogP contribution >= 0.6 is 0 Å². The van der Waals surface area contributed by atoms with E-state index in [-0.39, 0.29) is 17.3 Å². The summed E-state index contributed by atoms with van der Waals surface area (Å²) >= 11 is 0. The second-order valence-electron chi connectivity index (χ2n) is 7.94. The lowest BCUT2D eigenvalue weighted by atomic mass is 10.2. The van der Waals surface area contributed by atoms with Crippen molar-refractivity contribution in [2.45, 2.75) is 30.6 Å². The molecule has 0 spiro atoms. The van der Waals surface area contributed by atoms with Crippen LogP contribution in [0.4, 0.5) is 11.4 Å². The van der Waals surface area contributed by atoms with Crippen molar-refractivity contribution in [1.82, 2.24) is 4.31 Å². The number of nitrogens with zero attached hydrogens (tertiary/aromatic N) is 1. The van der Waals surface area contributed by atoms with Crippen LogP contribution in [0.25, 0.3) is 0 Å². The van der Waals surface area contributed by atoms with Gasteiger partial charge in [-0.05, 0) is 43.2 Å². The number of rotatable bonds is 7. The minimum Gasteiger partial charge on any atom is -0.495 e. The minimum absolute atomic E-state index is 0.0714. The molecule has 1 fully saturated rings. The van der Waals surface area contributed by atoms with Gasteiger partial charge in [0.25, 0.3) is 0 Å². The largest absolute Gasteiger partial charge is 0.495 e. The fraction of sp³-hybridized carbons (Fsp3) is 0.435. The first-order valence-electron chi connectivity index (χ1n) is 11.1. The van der Waals surface area contributed by atoms with Gasteiger partial charge in [0.05, 0.1) is 24.2 Å². The predicted molar refractivity (Wildman–Crippen MR) is 125 cm³/mol. The normalized spacial score (nSPS) is 16.5. The van der Waals surface area contributed by atoms with E-state index in [0.29, 0.717) is 54.9 Å². The van der Waals surface area contributed by atoms with Crippen molar-refractivity contribution >= 4 is 27.3 Å². The topological polar surface area (TPSA) is 106 Å². The van der Waals surface area contributed by atoms with Gasteiger partial charge in [-0.15, -0.1) is 0 Å². The Morgan fingerprint density at radius 3 is 2.45 bits per heavy atom. The summed E-state index contributed by atoms with van der Waals surface area (Å²) in [5.74, 6) is 1.39. The third-order valence-electron chi connectivity index (χ3n) is 5.64. The average molecular weight is 476 g/mol. The van der Waals surface area contributed by atoms with Gasteiger partial charge in [0.2, 0.25) is 15.9 Å². The first-order valence-corrected chi connectivity index (χ1v) is 12.5. The molecule has 0 aromatic heterocycles. The number of sulfonamides is 1. The minimum atomic E-state index is -3.62. The molecule has 2 heterocycles. The molecule has 2 aromatic rings. The van der Waals surface area contributed by atoms with E-state index in [2.05, 4.69) is 10.6 Å². The molecule has 0 bridgehead atoms. The molecule has 2 N–H and O–H groups in total. The Balaban J connectivity index is 1.44. The van der Waals surface area contributed by atoms with E-state index < -0.39 is 10.0 Å². The van der Waals surface area contributed by atoms with Gasteiger partial charge >= 0.3 is 0 Å². The molecule has 4 rings (SSSR count). The second kappa shape index (κ2) is 10.3. The van der Waals surface area contributed by atoms with Gasteiger partial charge in [0.1, 0.15) is 19.0 Å². The number of benzene rings is 2. The summed E-state index contributed by atoms with van der Waals surface area (Å²) in [6.45, 7) is 1.93. The Bertz CT molecular complexity index is 1100. The van der Waals surface area contributed by atoms with Gasteiger partial charge in [0, 0.05) is 24.8 Å². The number of anilines is 2. The number of hydrogen-bond acceptors (Lipinski definition) is 7. The molecule has 0 radical (unpaired) electrons. The molecule has 0 unspecified atom stereocenters. The Kier molecular flexibility index (Phi) is 7.24. The molecule has 2 aromatic carbocycles. The molecule has 33 heavy (non-hydrogen) atoms. The van der Waals surface area contributed by atoms with Gasteiger partial charge < -0.3 is 24.8 Å². The maximum absolute atomic E-state index is 13.1. The Morgan fingerprint density at radius 2 is 1.73 bits per heavy atom. The molecule has 0 saturated carbocycles. The monoisotopic (exact) mass is 475 g/mol. The van der Waals surface area contributed by atoms with Crippen molar-refractivity contribution in [2.75, 3.05) is 50.6 Å². The third kappa shape index (κ3) is 5.51. The summed E-state index contributed by atoms with van der Waals surface area (Å²) in [6, 6.07) is 9.86. The van der Waals surface area contributed by atoms with Crippen LogP contribution in [-0.2, 0) is 14.8 Å². The molecular formula is C23H29N3O6S. The highest BCUT2D eigenvalue weighted by molar-refractivity contribution is 7.89. The first-order chi connectivity index (χ1) is 16.0. The molecule has 0 atom stereocenters. The lowest BCUT2D eigenvalue weighted by molar-refractivity contribution is -0.114. The molecule has 2 aliphatic heterocycles. The zero-order chi connectivity index (χ0) is 23.3. The van der Waals surface area contributed by atoms with Crippen LogP contribution in [0.3, 0.4) is 0 Å². The van der Waals surface area contributed by atoms with E-state index in [1.807, 2.05) is 0 Å². The van der Waals surface area contributed by atoms with Crippen LogP contribution in [0.15, 0.2) is 41.3 Å². The van der Waals surface area contributed by atoms with E-state index >= 15 is 0 Å². The van der Waals surface area contributed by atoms with E-state index in [1.54, 1.807) is 34.6 Å². The number of carbonyl (C=O) groups is 1. The first kappa shape index (κ1) is 23.2. The molecule has 1 saturated heterocycles. The predicted octanol–water partition coefficient (Wildman–Crippen LogP) is 3.08. The SMILES string of the molecule is COc1ccc(S(=O)(=O)N2CCCCCC2)cc1NCC(=O)Nc1ccc2c(c1)OCCO2. The summed E-state index contributed by atoms with van der Waals surface area (Å²) in [4.78, 5) is 12.7. The van der Waals surface area contributed by atoms with Crippen LogP contribution in [0.5, 0.6) is 17.2 Å². The van der Waals surface area contributed by atoms with E-state index in [0.717, 1.165) is 25.7 Å². The third-order valence-corrected chi connectivity index (χ3v) is 7.53. The lowest BCUT2D eigenvalue weighted by Gasteiger charge is -2.21. The van der Waals surface area contributed by atoms with Crippen molar-refractivity contribution < 1.29 is 27.4 Å². The van der Waals surface area contributed by atoms with Gasteiger partial charge in [-0.25, -0.2) is 8.42 Å². The molecule has 1 amide bonds. The van der Waals surface area contributed by atoms with Gasteiger partial charge in [0.15, 0.2) is 11.5 Å². The van der Waals surface area contributed by atoms with Gasteiger partial charge in [-0.1, -0.05) is 12.8 Å². The van der Waals surface area contributed by atoms with Crippen LogP contribution in [0, 0.1) is 0 Å². The fourth-order valence-corrected chi connectivity index (χ4v) is 5.46. The van der Waals surface area contributed by atoms with Crippen LogP contribution in [-0.4, -0.2) is 58.6 Å². The average Bonchev–Trinajstić information content (AvgIpc) is 3.13. The number of amides is 1. The van der Waals surface area contributed by atoms with Gasteiger partial charge in [-0.2, -0.15) is 4.31 Å². The van der Waals surface area contributed by atoms with E-state index in [9.17, 15) is 13.2 Å². The standard InChI is InChI=1S/C23H29N3O6S/c1-30-20-9-7-18(33(28,29)26-10-4-2-3-5-11-26)15-19(20)24-16-23(27)25-17-6-8-21-22(14-17)32-13-12-31-21/h6-9,14-15,24H,2-5,10-13,16H2,1H3,(H,25,27). The van der Waals surface area contributed by atoms with Crippen molar-refractivity contribution in [3.05, 3.63) is 36.4 Å². The maximum atomic E-state index is 13.1. The fourth-order valence-electron chi connectivity index (χ4n) is 3.92. The smallest absolute Gasteiger partial charge is 0.243 e. The lowest BCUT2D eigenvalue weighted by Crippen LogP contribution is -2.32. The number of carbonyl (C=O) groups excluding carboxylic acids is 1. The Morgan fingerprint density at radius 1 is 1.00 bits per heavy atom. The van der Waals surface area contributed by atoms with Crippen LogP contribution in [0.2, 0.25) is 0 Å². The zero-order valence-corrected chi connectivity index (χ0v) is 19.4. The summed E-state index contributed by atoms with van der Waals surface area (Å²) < 4.78 is 44.2. The molecule has 178 valence electrons. The highest BCUT2D eigenvalue weighted by atomic mass is 32.2. The molecule has 10 heteroatoms. The van der Waals surface area contributed by atoms with Crippen LogP contribution < -0.4 is 24.8 Å². The zero-order valence-electron chi connectivity index (χ0n) is 18.6. The summed E-state index contributed by atoms with van der Waals surface area (Å²) in [6.07, 6.45) is 3.81. The van der Waals surface area contributed by atoms with Crippen molar-refractivity contribution in [3.63, 3.8) is 0 Å². The molecular weight excluding hydrogens is 446 g/mol.